The molecule has 1 aromatic heterocycles. The number of H-pyrrole nitrogens is 1. The molecule has 0 bridgehead atoms. The first-order chi connectivity index (χ1) is 13.1. The molecule has 146 valence electrons. The lowest BCUT2D eigenvalue weighted by Crippen LogP contribution is -2.38. The van der Waals surface area contributed by atoms with Crippen LogP contribution in [0, 0.1) is 6.92 Å². The minimum atomic E-state index is -0.135. The quantitative estimate of drug-likeness (QED) is 0.392. The van der Waals surface area contributed by atoms with Gasteiger partial charge in [-0.25, -0.2) is 4.68 Å². The summed E-state index contributed by atoms with van der Waals surface area (Å²) in [7, 11) is 0. The fourth-order valence-corrected chi connectivity index (χ4v) is 2.94. The second-order valence-corrected chi connectivity index (χ2v) is 6.88. The number of aromatic nitrogens is 2. The molecule has 0 spiro atoms. The van der Waals surface area contributed by atoms with E-state index in [9.17, 15) is 4.79 Å². The van der Waals surface area contributed by atoms with Crippen molar-refractivity contribution in [3.63, 3.8) is 0 Å². The predicted octanol–water partition coefficient (Wildman–Crippen LogP) is 3.58. The smallest absolute Gasteiger partial charge is 0.280 e. The zero-order valence-corrected chi connectivity index (χ0v) is 17.2. The van der Waals surface area contributed by atoms with Gasteiger partial charge in [0.05, 0.1) is 17.5 Å². The molecular formula is C20H29N5OS. The third-order valence-corrected chi connectivity index (χ3v) is 4.69. The summed E-state index contributed by atoms with van der Waals surface area (Å²) in [6.45, 7) is 8.02. The van der Waals surface area contributed by atoms with Gasteiger partial charge in [-0.2, -0.15) is 5.10 Å². The van der Waals surface area contributed by atoms with Crippen molar-refractivity contribution in [2.45, 2.75) is 46.5 Å². The van der Waals surface area contributed by atoms with E-state index < -0.39 is 0 Å². The lowest BCUT2D eigenvalue weighted by molar-refractivity contribution is 0.393. The van der Waals surface area contributed by atoms with Crippen LogP contribution in [-0.4, -0.2) is 39.1 Å². The Morgan fingerprint density at radius 2 is 1.85 bits per heavy atom. The Morgan fingerprint density at radius 1 is 1.22 bits per heavy atom. The molecule has 1 aromatic carbocycles. The van der Waals surface area contributed by atoms with Crippen molar-refractivity contribution < 1.29 is 0 Å². The van der Waals surface area contributed by atoms with Gasteiger partial charge in [-0.15, -0.1) is 0 Å². The Bertz CT molecular complexity index is 802. The number of hydrogen-bond acceptors (Lipinski definition) is 3. The molecular weight excluding hydrogens is 358 g/mol. The highest BCUT2D eigenvalue weighted by Gasteiger charge is 2.11. The Labute approximate surface area is 166 Å². The molecule has 2 aromatic rings. The fraction of sp³-hybridized carbons (Fsp3) is 0.450. The van der Waals surface area contributed by atoms with E-state index in [4.69, 9.17) is 12.2 Å². The van der Waals surface area contributed by atoms with Crippen LogP contribution in [0.3, 0.4) is 0 Å². The maximum absolute atomic E-state index is 12.7. The van der Waals surface area contributed by atoms with Crippen molar-refractivity contribution in [2.75, 3.05) is 13.1 Å². The van der Waals surface area contributed by atoms with Gasteiger partial charge in [0.25, 0.3) is 5.56 Å². The number of thiocarbonyl (C=S) groups is 1. The number of benzene rings is 1. The van der Waals surface area contributed by atoms with E-state index >= 15 is 0 Å². The third-order valence-electron chi connectivity index (χ3n) is 4.34. The lowest BCUT2D eigenvalue weighted by Gasteiger charge is -2.24. The molecule has 0 saturated carbocycles. The van der Waals surface area contributed by atoms with Crippen molar-refractivity contribution in [2.24, 2.45) is 5.10 Å². The van der Waals surface area contributed by atoms with Crippen LogP contribution in [0.5, 0.6) is 0 Å². The van der Waals surface area contributed by atoms with Gasteiger partial charge < -0.3 is 4.90 Å². The number of aryl methyl sites for hydroxylation is 1. The Kier molecular flexibility index (Phi) is 8.26. The van der Waals surface area contributed by atoms with Crippen LogP contribution in [0.2, 0.25) is 0 Å². The highest BCUT2D eigenvalue weighted by molar-refractivity contribution is 7.80. The summed E-state index contributed by atoms with van der Waals surface area (Å²) < 4.78 is 1.52. The van der Waals surface area contributed by atoms with E-state index in [1.54, 1.807) is 0 Å². The summed E-state index contributed by atoms with van der Waals surface area (Å²) in [6.07, 6.45) is 5.96. The molecule has 0 saturated heterocycles. The molecule has 0 aliphatic rings. The van der Waals surface area contributed by atoms with Crippen molar-refractivity contribution in [3.8, 4) is 5.69 Å². The van der Waals surface area contributed by atoms with Gasteiger partial charge in [0.1, 0.15) is 0 Å². The average molecular weight is 388 g/mol. The number of nitrogens with zero attached hydrogens (tertiary/aromatic N) is 3. The first-order valence-electron chi connectivity index (χ1n) is 9.53. The molecule has 2 rings (SSSR count). The summed E-state index contributed by atoms with van der Waals surface area (Å²) in [5.74, 6) is 0. The van der Waals surface area contributed by atoms with Crippen LogP contribution in [0.25, 0.3) is 5.69 Å². The summed E-state index contributed by atoms with van der Waals surface area (Å²) in [4.78, 5) is 14.8. The molecule has 2 N–H and O–H groups in total. The minimum Gasteiger partial charge on any atom is -0.348 e. The van der Waals surface area contributed by atoms with Crippen LogP contribution in [0.15, 0.2) is 40.2 Å². The first-order valence-corrected chi connectivity index (χ1v) is 9.94. The minimum absolute atomic E-state index is 0.135. The number of rotatable bonds is 9. The largest absolute Gasteiger partial charge is 0.348 e. The molecule has 0 fully saturated rings. The Balaban J connectivity index is 2.08. The van der Waals surface area contributed by atoms with Crippen molar-refractivity contribution in [1.29, 1.82) is 0 Å². The zero-order valence-electron chi connectivity index (χ0n) is 16.4. The molecule has 0 amide bonds. The van der Waals surface area contributed by atoms with Crippen LogP contribution >= 0.6 is 12.2 Å². The molecule has 0 unspecified atom stereocenters. The maximum Gasteiger partial charge on any atom is 0.280 e. The van der Waals surface area contributed by atoms with Crippen molar-refractivity contribution in [3.05, 3.63) is 51.9 Å². The van der Waals surface area contributed by atoms with Gasteiger partial charge in [0.15, 0.2) is 5.11 Å². The average Bonchev–Trinajstić information content (AvgIpc) is 2.97. The number of unbranched alkanes of at least 4 members (excludes halogenated alkanes) is 2. The van der Waals surface area contributed by atoms with E-state index in [1.165, 1.54) is 10.9 Å². The van der Waals surface area contributed by atoms with Gasteiger partial charge in [-0.3, -0.25) is 15.3 Å². The van der Waals surface area contributed by atoms with Gasteiger partial charge in [0, 0.05) is 18.8 Å². The molecule has 6 nitrogen and oxygen atoms in total. The Morgan fingerprint density at radius 3 is 2.44 bits per heavy atom. The number of aromatic amines is 1. The van der Waals surface area contributed by atoms with Crippen LogP contribution in [0.1, 0.15) is 50.8 Å². The van der Waals surface area contributed by atoms with Crippen molar-refractivity contribution in [1.82, 2.24) is 20.1 Å². The standard InChI is InChI=1S/C20H29N5OS/c1-4-6-13-24(14-7-5-2)20(27)22-21-15-18-16(3)23-25(19(18)26)17-11-9-8-10-12-17/h8-12,15,23H,4-7,13-14H2,1-3H3,(H,22,27)/b21-15+. The molecule has 7 heteroatoms. The van der Waals surface area contributed by atoms with Crippen LogP contribution in [-0.2, 0) is 0 Å². The second-order valence-electron chi connectivity index (χ2n) is 6.50. The SMILES string of the molecule is CCCCN(CCCC)C(=S)N/N=C/c1c(C)[nH]n(-c2ccccc2)c1=O. The number of hydrazone groups is 1. The molecule has 0 aliphatic heterocycles. The molecule has 1 heterocycles. The molecule has 0 radical (unpaired) electrons. The van der Waals surface area contributed by atoms with Gasteiger partial charge in [-0.05, 0) is 44.1 Å². The van der Waals surface area contributed by atoms with E-state index in [0.29, 0.717) is 10.7 Å². The van der Waals surface area contributed by atoms with E-state index in [1.807, 2.05) is 37.3 Å². The normalized spacial score (nSPS) is 11.1. The number of para-hydroxylation sites is 1. The highest BCUT2D eigenvalue weighted by Crippen LogP contribution is 2.05. The summed E-state index contributed by atoms with van der Waals surface area (Å²) >= 11 is 5.47. The summed E-state index contributed by atoms with van der Waals surface area (Å²) in [5, 5.41) is 7.91. The third kappa shape index (κ3) is 5.79. The fourth-order valence-electron chi connectivity index (χ4n) is 2.71. The maximum atomic E-state index is 12.7. The highest BCUT2D eigenvalue weighted by atomic mass is 32.1. The van der Waals surface area contributed by atoms with Gasteiger partial charge in [0.2, 0.25) is 0 Å². The van der Waals surface area contributed by atoms with E-state index in [0.717, 1.165) is 50.2 Å². The lowest BCUT2D eigenvalue weighted by atomic mass is 10.3. The van der Waals surface area contributed by atoms with E-state index in [2.05, 4.69) is 34.4 Å². The van der Waals surface area contributed by atoms with E-state index in [-0.39, 0.29) is 5.56 Å². The van der Waals surface area contributed by atoms with Gasteiger partial charge >= 0.3 is 0 Å². The molecule has 0 aliphatic carbocycles. The zero-order chi connectivity index (χ0) is 19.6. The summed E-state index contributed by atoms with van der Waals surface area (Å²) in [6, 6.07) is 9.47. The number of hydrogen-bond donors (Lipinski definition) is 2. The monoisotopic (exact) mass is 387 g/mol. The molecule has 27 heavy (non-hydrogen) atoms. The predicted molar refractivity (Wildman–Crippen MR) is 116 cm³/mol. The molecule has 0 atom stereocenters. The first kappa shape index (κ1) is 20.9. The van der Waals surface area contributed by atoms with Gasteiger partial charge in [-0.1, -0.05) is 44.9 Å². The van der Waals surface area contributed by atoms with Crippen molar-refractivity contribution >= 4 is 23.5 Å². The second kappa shape index (κ2) is 10.7. The van der Waals surface area contributed by atoms with Crippen LogP contribution < -0.4 is 11.0 Å². The summed E-state index contributed by atoms with van der Waals surface area (Å²) in [5.41, 5.74) is 4.85. The van der Waals surface area contributed by atoms with Crippen LogP contribution in [0.4, 0.5) is 0 Å². The Hall–Kier alpha value is -2.41. The number of nitrogens with one attached hydrogen (secondary N) is 2. The topological polar surface area (TPSA) is 65.4 Å².